The lowest BCUT2D eigenvalue weighted by Gasteiger charge is -2.35. The van der Waals surface area contributed by atoms with Crippen LogP contribution in [0, 0.1) is 0 Å². The molecule has 0 bridgehead atoms. The summed E-state index contributed by atoms with van der Waals surface area (Å²) in [7, 11) is 0. The molecule has 0 spiro atoms. The van der Waals surface area contributed by atoms with Gasteiger partial charge in [-0.3, -0.25) is 4.79 Å². The molecule has 0 saturated carbocycles. The summed E-state index contributed by atoms with van der Waals surface area (Å²) in [5.41, 5.74) is 14.7. The third-order valence-corrected chi connectivity index (χ3v) is 7.88. The fraction of sp³-hybridized carbons (Fsp3) is 0.559. The average Bonchev–Trinajstić information content (AvgIpc) is 3.28. The van der Waals surface area contributed by atoms with E-state index in [1.807, 2.05) is 24.3 Å². The van der Waals surface area contributed by atoms with Gasteiger partial charge in [0.25, 0.3) is 0 Å². The number of rotatable bonds is 16. The summed E-state index contributed by atoms with van der Waals surface area (Å²) in [6.07, 6.45) is 5.59. The van der Waals surface area contributed by atoms with Crippen molar-refractivity contribution in [2.45, 2.75) is 102 Å². The minimum Gasteiger partial charge on any atom is -0.480 e. The number of nitrogens with zero attached hydrogens (tertiary/aromatic N) is 1. The molecule has 9 heteroatoms. The van der Waals surface area contributed by atoms with E-state index in [-0.39, 0.29) is 32.0 Å². The molecule has 2 aromatic carbocycles. The van der Waals surface area contributed by atoms with Crippen LogP contribution in [0.5, 0.6) is 0 Å². The zero-order valence-corrected chi connectivity index (χ0v) is 26.1. The number of amides is 1. The Morgan fingerprint density at radius 2 is 1.49 bits per heavy atom. The molecule has 1 aliphatic carbocycles. The van der Waals surface area contributed by atoms with Gasteiger partial charge in [-0.05, 0) is 55.9 Å². The van der Waals surface area contributed by atoms with Crippen LogP contribution in [0.15, 0.2) is 48.5 Å². The largest absolute Gasteiger partial charge is 0.480 e. The highest BCUT2D eigenvalue weighted by molar-refractivity contribution is 5.83. The van der Waals surface area contributed by atoms with Crippen molar-refractivity contribution in [3.8, 4) is 11.1 Å². The minimum atomic E-state index is -1.52. The van der Waals surface area contributed by atoms with Gasteiger partial charge >= 0.3 is 18.0 Å². The second kappa shape index (κ2) is 15.3. The molecule has 1 aliphatic rings. The SMILES string of the molecule is CCCCCCCCC(N)(CN(CCC(N)C(=O)O)C(=O)OC(C)(C)C)C(=O)OCC1c2ccccc2-c2ccccc21. The number of unbranched alkanes of at least 4 members (excludes halogenated alkanes) is 5. The van der Waals surface area contributed by atoms with Crippen LogP contribution in [0.1, 0.15) is 96.1 Å². The predicted molar refractivity (Wildman–Crippen MR) is 168 cm³/mol. The molecule has 0 radical (unpaired) electrons. The molecule has 0 heterocycles. The van der Waals surface area contributed by atoms with Crippen molar-refractivity contribution < 1.29 is 29.0 Å². The molecule has 236 valence electrons. The van der Waals surface area contributed by atoms with Crippen molar-refractivity contribution in [2.75, 3.05) is 19.7 Å². The van der Waals surface area contributed by atoms with Gasteiger partial charge in [-0.2, -0.15) is 0 Å². The van der Waals surface area contributed by atoms with Crippen molar-refractivity contribution in [1.29, 1.82) is 0 Å². The monoisotopic (exact) mass is 595 g/mol. The molecule has 2 unspecified atom stereocenters. The Balaban J connectivity index is 1.82. The van der Waals surface area contributed by atoms with Gasteiger partial charge in [-0.1, -0.05) is 94.0 Å². The summed E-state index contributed by atoms with van der Waals surface area (Å²) in [5.74, 6) is -1.91. The second-order valence-electron chi connectivity index (χ2n) is 12.6. The van der Waals surface area contributed by atoms with Gasteiger partial charge < -0.3 is 30.9 Å². The summed E-state index contributed by atoms with van der Waals surface area (Å²) < 4.78 is 11.6. The van der Waals surface area contributed by atoms with E-state index in [4.69, 9.17) is 20.9 Å². The highest BCUT2D eigenvalue weighted by Gasteiger charge is 2.41. The van der Waals surface area contributed by atoms with Crippen LogP contribution < -0.4 is 11.5 Å². The van der Waals surface area contributed by atoms with Gasteiger partial charge in [-0.25, -0.2) is 9.59 Å². The molecular formula is C34H49N3O6. The van der Waals surface area contributed by atoms with Gasteiger partial charge in [0, 0.05) is 12.5 Å². The lowest BCUT2D eigenvalue weighted by molar-refractivity contribution is -0.151. The van der Waals surface area contributed by atoms with Crippen molar-refractivity contribution in [3.05, 3.63) is 59.7 Å². The summed E-state index contributed by atoms with van der Waals surface area (Å²) in [6.45, 7) is 7.27. The highest BCUT2D eigenvalue weighted by atomic mass is 16.6. The van der Waals surface area contributed by atoms with Gasteiger partial charge in [0.05, 0.1) is 6.54 Å². The Morgan fingerprint density at radius 3 is 2.05 bits per heavy atom. The Hall–Kier alpha value is -3.43. The van der Waals surface area contributed by atoms with E-state index >= 15 is 0 Å². The second-order valence-corrected chi connectivity index (χ2v) is 12.6. The third kappa shape index (κ3) is 9.53. The Morgan fingerprint density at radius 1 is 0.930 bits per heavy atom. The number of nitrogens with two attached hydrogens (primary N) is 2. The van der Waals surface area contributed by atoms with Gasteiger partial charge in [0.2, 0.25) is 0 Å². The molecule has 3 rings (SSSR count). The molecule has 0 saturated heterocycles. The number of carbonyl (C=O) groups is 3. The number of ether oxygens (including phenoxy) is 2. The van der Waals surface area contributed by atoms with Crippen LogP contribution >= 0.6 is 0 Å². The van der Waals surface area contributed by atoms with E-state index in [0.29, 0.717) is 12.8 Å². The van der Waals surface area contributed by atoms with Crippen molar-refractivity contribution in [3.63, 3.8) is 0 Å². The average molecular weight is 596 g/mol. The van der Waals surface area contributed by atoms with Crippen LogP contribution in [-0.4, -0.2) is 64.9 Å². The summed E-state index contributed by atoms with van der Waals surface area (Å²) >= 11 is 0. The van der Waals surface area contributed by atoms with Crippen molar-refractivity contribution in [2.24, 2.45) is 11.5 Å². The first-order valence-electron chi connectivity index (χ1n) is 15.5. The number of carbonyl (C=O) groups excluding carboxylic acids is 2. The maximum atomic E-state index is 13.9. The minimum absolute atomic E-state index is 0.0215. The smallest absolute Gasteiger partial charge is 0.410 e. The lowest BCUT2D eigenvalue weighted by Crippen LogP contribution is -2.59. The van der Waals surface area contributed by atoms with Gasteiger partial charge in [-0.15, -0.1) is 0 Å². The van der Waals surface area contributed by atoms with E-state index in [1.54, 1.807) is 20.8 Å². The standard InChI is InChI=1S/C34H49N3O6/c1-5-6-7-8-9-14-20-34(36,23-37(21-19-29(35)30(38)39)32(41)43-33(2,3)4)31(40)42-22-28-26-17-12-10-15-24(26)25-16-11-13-18-27(25)28/h10-13,15-18,28-29H,5-9,14,19-23,35-36H2,1-4H3,(H,38,39). The normalized spacial score (nSPS) is 14.7. The molecule has 1 amide bonds. The first-order chi connectivity index (χ1) is 20.4. The fourth-order valence-corrected chi connectivity index (χ4v) is 5.53. The van der Waals surface area contributed by atoms with Crippen LogP contribution in [0.25, 0.3) is 11.1 Å². The molecule has 0 fully saturated rings. The molecule has 2 atom stereocenters. The van der Waals surface area contributed by atoms with Crippen LogP contribution in [0.4, 0.5) is 4.79 Å². The van der Waals surface area contributed by atoms with Crippen LogP contribution in [0.2, 0.25) is 0 Å². The number of carboxylic acid groups (broad SMARTS) is 1. The molecular weight excluding hydrogens is 546 g/mol. The Labute approximate surface area is 255 Å². The summed E-state index contributed by atoms with van der Waals surface area (Å²) in [6, 6.07) is 15.0. The number of esters is 1. The van der Waals surface area contributed by atoms with Crippen molar-refractivity contribution >= 4 is 18.0 Å². The molecule has 0 aromatic heterocycles. The third-order valence-electron chi connectivity index (χ3n) is 7.88. The highest BCUT2D eigenvalue weighted by Crippen LogP contribution is 2.44. The summed E-state index contributed by atoms with van der Waals surface area (Å²) in [4.78, 5) is 39.8. The molecule has 43 heavy (non-hydrogen) atoms. The number of aliphatic carboxylic acids is 1. The number of hydrogen-bond acceptors (Lipinski definition) is 7. The summed E-state index contributed by atoms with van der Waals surface area (Å²) in [5, 5.41) is 9.30. The first kappa shape index (κ1) is 34.1. The van der Waals surface area contributed by atoms with E-state index in [1.165, 1.54) is 4.90 Å². The van der Waals surface area contributed by atoms with Gasteiger partial charge in [0.1, 0.15) is 23.8 Å². The maximum Gasteiger partial charge on any atom is 0.410 e. The number of hydrogen-bond donors (Lipinski definition) is 3. The Bertz CT molecular complexity index is 1200. The maximum absolute atomic E-state index is 13.9. The fourth-order valence-electron chi connectivity index (χ4n) is 5.53. The first-order valence-corrected chi connectivity index (χ1v) is 15.5. The molecule has 0 aliphatic heterocycles. The van der Waals surface area contributed by atoms with Gasteiger partial charge in [0.15, 0.2) is 0 Å². The lowest BCUT2D eigenvalue weighted by atomic mass is 9.91. The Kier molecular flexibility index (Phi) is 12.2. The zero-order chi connectivity index (χ0) is 31.6. The van der Waals surface area contributed by atoms with E-state index in [2.05, 4.69) is 31.2 Å². The number of carboxylic acids is 1. The number of benzene rings is 2. The van der Waals surface area contributed by atoms with E-state index < -0.39 is 35.2 Å². The predicted octanol–water partition coefficient (Wildman–Crippen LogP) is 5.83. The number of fused-ring (bicyclic) bond motifs is 3. The quantitative estimate of drug-likeness (QED) is 0.162. The topological polar surface area (TPSA) is 145 Å². The molecule has 2 aromatic rings. The van der Waals surface area contributed by atoms with Crippen LogP contribution in [0.3, 0.4) is 0 Å². The van der Waals surface area contributed by atoms with Crippen LogP contribution in [-0.2, 0) is 19.1 Å². The van der Waals surface area contributed by atoms with E-state index in [9.17, 15) is 19.5 Å². The zero-order valence-electron chi connectivity index (χ0n) is 26.1. The molecule has 9 nitrogen and oxygen atoms in total. The molecule has 5 N–H and O–H groups in total. The van der Waals surface area contributed by atoms with E-state index in [0.717, 1.165) is 54.4 Å². The van der Waals surface area contributed by atoms with Crippen molar-refractivity contribution in [1.82, 2.24) is 4.90 Å².